The number of piperidine rings is 1. The van der Waals surface area contributed by atoms with Crippen LogP contribution in [0, 0.1) is 17.2 Å². The molecule has 0 radical (unpaired) electrons. The van der Waals surface area contributed by atoms with Gasteiger partial charge in [0.05, 0.1) is 18.1 Å². The molecular formula is C18H20N6O. The van der Waals surface area contributed by atoms with E-state index in [0.29, 0.717) is 24.1 Å². The van der Waals surface area contributed by atoms with Crippen LogP contribution in [-0.2, 0) is 6.54 Å². The zero-order chi connectivity index (χ0) is 17.2. The summed E-state index contributed by atoms with van der Waals surface area (Å²) >= 11 is 0. The van der Waals surface area contributed by atoms with Crippen LogP contribution in [0.25, 0.3) is 0 Å². The van der Waals surface area contributed by atoms with Gasteiger partial charge in [0.25, 0.3) is 5.56 Å². The molecule has 3 heterocycles. The minimum Gasteiger partial charge on any atom is -0.355 e. The third-order valence-electron chi connectivity index (χ3n) is 5.01. The summed E-state index contributed by atoms with van der Waals surface area (Å²) in [4.78, 5) is 22.7. The number of nitriles is 1. The molecule has 0 spiro atoms. The maximum absolute atomic E-state index is 12.1. The van der Waals surface area contributed by atoms with E-state index in [1.807, 2.05) is 12.1 Å². The lowest BCUT2D eigenvalue weighted by molar-refractivity contribution is 0.332. The van der Waals surface area contributed by atoms with E-state index in [-0.39, 0.29) is 5.56 Å². The SMILES string of the molecule is N#Cc1cnc(N2CCC(Cn3nc(C4CC4)ccc3=O)CC2)cn1. The Balaban J connectivity index is 1.38. The molecule has 2 aromatic rings. The zero-order valence-electron chi connectivity index (χ0n) is 14.0. The molecule has 1 aliphatic carbocycles. The molecule has 1 saturated heterocycles. The Hall–Kier alpha value is -2.75. The predicted octanol–water partition coefficient (Wildman–Crippen LogP) is 1.70. The first-order valence-electron chi connectivity index (χ1n) is 8.78. The Labute approximate surface area is 145 Å². The average molecular weight is 336 g/mol. The molecule has 7 heteroatoms. The van der Waals surface area contributed by atoms with E-state index in [1.165, 1.54) is 19.0 Å². The van der Waals surface area contributed by atoms with Gasteiger partial charge >= 0.3 is 0 Å². The van der Waals surface area contributed by atoms with E-state index in [9.17, 15) is 4.79 Å². The van der Waals surface area contributed by atoms with Gasteiger partial charge < -0.3 is 4.90 Å². The lowest BCUT2D eigenvalue weighted by Gasteiger charge is -2.32. The van der Waals surface area contributed by atoms with Crippen LogP contribution in [0.3, 0.4) is 0 Å². The van der Waals surface area contributed by atoms with Gasteiger partial charge in [-0.15, -0.1) is 0 Å². The Bertz CT molecular complexity index is 841. The van der Waals surface area contributed by atoms with Gasteiger partial charge in [-0.2, -0.15) is 10.4 Å². The molecule has 0 amide bonds. The van der Waals surface area contributed by atoms with Crippen LogP contribution in [-0.4, -0.2) is 32.8 Å². The minimum atomic E-state index is -0.00946. The number of anilines is 1. The molecule has 1 aliphatic heterocycles. The van der Waals surface area contributed by atoms with Gasteiger partial charge in [-0.1, -0.05) is 0 Å². The molecule has 1 saturated carbocycles. The third kappa shape index (κ3) is 3.53. The molecule has 4 rings (SSSR count). The summed E-state index contributed by atoms with van der Waals surface area (Å²) in [6, 6.07) is 5.51. The second-order valence-electron chi connectivity index (χ2n) is 6.85. The maximum atomic E-state index is 12.1. The smallest absolute Gasteiger partial charge is 0.266 e. The average Bonchev–Trinajstić information content (AvgIpc) is 3.49. The molecule has 2 aromatic heterocycles. The van der Waals surface area contributed by atoms with Gasteiger partial charge in [-0.05, 0) is 37.7 Å². The highest BCUT2D eigenvalue weighted by molar-refractivity contribution is 5.37. The Kier molecular flexibility index (Phi) is 4.18. The van der Waals surface area contributed by atoms with E-state index < -0.39 is 0 Å². The lowest BCUT2D eigenvalue weighted by atomic mass is 9.97. The standard InChI is InChI=1S/C18H20N6O/c19-9-15-10-21-17(11-20-15)23-7-5-13(6-8-23)12-24-18(25)4-3-16(22-24)14-1-2-14/h3-4,10-11,13-14H,1-2,5-8,12H2. The van der Waals surface area contributed by atoms with Gasteiger partial charge in [0, 0.05) is 31.6 Å². The van der Waals surface area contributed by atoms with Crippen molar-refractivity contribution >= 4 is 5.82 Å². The fraction of sp³-hybridized carbons (Fsp3) is 0.500. The monoisotopic (exact) mass is 336 g/mol. The molecule has 0 bridgehead atoms. The summed E-state index contributed by atoms with van der Waals surface area (Å²) < 4.78 is 1.65. The first-order valence-corrected chi connectivity index (χ1v) is 8.78. The summed E-state index contributed by atoms with van der Waals surface area (Å²) in [6.07, 6.45) is 7.52. The van der Waals surface area contributed by atoms with E-state index in [4.69, 9.17) is 5.26 Å². The van der Waals surface area contributed by atoms with Crippen molar-refractivity contribution in [3.63, 3.8) is 0 Å². The van der Waals surface area contributed by atoms with Crippen molar-refractivity contribution in [2.24, 2.45) is 5.92 Å². The molecule has 25 heavy (non-hydrogen) atoms. The van der Waals surface area contributed by atoms with Crippen molar-refractivity contribution in [1.82, 2.24) is 19.7 Å². The second kappa shape index (κ2) is 6.63. The number of hydrogen-bond donors (Lipinski definition) is 0. The normalized spacial score (nSPS) is 18.1. The molecular weight excluding hydrogens is 316 g/mol. The number of rotatable bonds is 4. The van der Waals surface area contributed by atoms with Gasteiger partial charge in [0.15, 0.2) is 5.69 Å². The molecule has 0 aromatic carbocycles. The van der Waals surface area contributed by atoms with E-state index in [2.05, 4.69) is 20.0 Å². The zero-order valence-corrected chi connectivity index (χ0v) is 14.0. The molecule has 2 fully saturated rings. The highest BCUT2D eigenvalue weighted by Gasteiger charge is 2.26. The predicted molar refractivity (Wildman–Crippen MR) is 92.2 cm³/mol. The molecule has 128 valence electrons. The molecule has 2 aliphatic rings. The number of hydrogen-bond acceptors (Lipinski definition) is 6. The summed E-state index contributed by atoms with van der Waals surface area (Å²) in [7, 11) is 0. The van der Waals surface area contributed by atoms with Crippen LogP contribution in [0.5, 0.6) is 0 Å². The summed E-state index contributed by atoms with van der Waals surface area (Å²) in [5.74, 6) is 1.81. The maximum Gasteiger partial charge on any atom is 0.266 e. The molecule has 0 N–H and O–H groups in total. The van der Waals surface area contributed by atoms with E-state index >= 15 is 0 Å². The Morgan fingerprint density at radius 1 is 1.12 bits per heavy atom. The first kappa shape index (κ1) is 15.8. The van der Waals surface area contributed by atoms with E-state index in [1.54, 1.807) is 16.9 Å². The summed E-state index contributed by atoms with van der Waals surface area (Å²) in [6.45, 7) is 2.44. The number of aromatic nitrogens is 4. The minimum absolute atomic E-state index is 0.00946. The van der Waals surface area contributed by atoms with Crippen molar-refractivity contribution in [1.29, 1.82) is 5.26 Å². The van der Waals surface area contributed by atoms with Crippen LogP contribution in [0.1, 0.15) is 43.0 Å². The van der Waals surface area contributed by atoms with Crippen LogP contribution in [0.15, 0.2) is 29.3 Å². The highest BCUT2D eigenvalue weighted by Crippen LogP contribution is 2.38. The van der Waals surface area contributed by atoms with Crippen molar-refractivity contribution in [2.75, 3.05) is 18.0 Å². The van der Waals surface area contributed by atoms with Crippen molar-refractivity contribution in [2.45, 2.75) is 38.1 Å². The fourth-order valence-corrected chi connectivity index (χ4v) is 3.32. The Morgan fingerprint density at radius 2 is 1.92 bits per heavy atom. The van der Waals surface area contributed by atoms with Crippen molar-refractivity contribution in [3.05, 3.63) is 46.3 Å². The second-order valence-corrected chi connectivity index (χ2v) is 6.85. The van der Waals surface area contributed by atoms with Gasteiger partial charge in [0.1, 0.15) is 11.9 Å². The Morgan fingerprint density at radius 3 is 2.56 bits per heavy atom. The van der Waals surface area contributed by atoms with Gasteiger partial charge in [-0.3, -0.25) is 4.79 Å². The molecule has 0 atom stereocenters. The largest absolute Gasteiger partial charge is 0.355 e. The van der Waals surface area contributed by atoms with Crippen LogP contribution in [0.2, 0.25) is 0 Å². The fourth-order valence-electron chi connectivity index (χ4n) is 3.32. The summed E-state index contributed by atoms with van der Waals surface area (Å²) in [5.41, 5.74) is 1.38. The summed E-state index contributed by atoms with van der Waals surface area (Å²) in [5, 5.41) is 13.4. The van der Waals surface area contributed by atoms with E-state index in [0.717, 1.165) is 37.4 Å². The lowest BCUT2D eigenvalue weighted by Crippen LogP contribution is -2.37. The highest BCUT2D eigenvalue weighted by atomic mass is 16.1. The van der Waals surface area contributed by atoms with Crippen molar-refractivity contribution < 1.29 is 0 Å². The first-order chi connectivity index (χ1) is 12.2. The van der Waals surface area contributed by atoms with Crippen molar-refractivity contribution in [3.8, 4) is 6.07 Å². The van der Waals surface area contributed by atoms with Crippen LogP contribution < -0.4 is 10.5 Å². The third-order valence-corrected chi connectivity index (χ3v) is 5.01. The van der Waals surface area contributed by atoms with Crippen LogP contribution >= 0.6 is 0 Å². The quantitative estimate of drug-likeness (QED) is 0.844. The number of nitrogens with zero attached hydrogens (tertiary/aromatic N) is 6. The van der Waals surface area contributed by atoms with Crippen LogP contribution in [0.4, 0.5) is 5.82 Å². The molecule has 0 unspecified atom stereocenters. The van der Waals surface area contributed by atoms with Gasteiger partial charge in [-0.25, -0.2) is 14.6 Å². The topological polar surface area (TPSA) is 87.7 Å². The molecule has 7 nitrogen and oxygen atoms in total. The van der Waals surface area contributed by atoms with Gasteiger partial charge in [0.2, 0.25) is 0 Å².